The molecule has 1 aromatic rings. The lowest BCUT2D eigenvalue weighted by Gasteiger charge is -2.06. The molecule has 0 saturated heterocycles. The van der Waals surface area contributed by atoms with E-state index < -0.39 is 0 Å². The Morgan fingerprint density at radius 2 is 2.19 bits per heavy atom. The molecule has 0 aromatic heterocycles. The smallest absolute Gasteiger partial charge is 0.211 e. The summed E-state index contributed by atoms with van der Waals surface area (Å²) < 4.78 is 5.45. The van der Waals surface area contributed by atoms with Crippen LogP contribution in [-0.4, -0.2) is 18.8 Å². The molecule has 0 heterocycles. The van der Waals surface area contributed by atoms with Crippen molar-refractivity contribution in [3.63, 3.8) is 0 Å². The highest BCUT2D eigenvalue weighted by molar-refractivity contribution is 5.84. The number of aryl methyl sites for hydroxylation is 1. The van der Waals surface area contributed by atoms with Gasteiger partial charge in [0.2, 0.25) is 5.96 Å². The van der Waals surface area contributed by atoms with Crippen LogP contribution in [0.15, 0.2) is 28.4 Å². The molecule has 0 aliphatic rings. The maximum atomic E-state index is 5.45. The highest BCUT2D eigenvalue weighted by Gasteiger charge is 2.00. The zero-order chi connectivity index (χ0) is 12.0. The lowest BCUT2D eigenvalue weighted by molar-refractivity contribution is 0.339. The van der Waals surface area contributed by atoms with Crippen LogP contribution in [0, 0.1) is 6.92 Å². The van der Waals surface area contributed by atoms with Gasteiger partial charge in [0.05, 0.1) is 12.8 Å². The largest absolute Gasteiger partial charge is 0.493 e. The van der Waals surface area contributed by atoms with Gasteiger partial charge in [-0.25, -0.2) is 0 Å². The van der Waals surface area contributed by atoms with Gasteiger partial charge in [0.1, 0.15) is 5.75 Å². The van der Waals surface area contributed by atoms with E-state index in [-0.39, 0.29) is 5.96 Å². The number of ether oxygens (including phenoxy) is 1. The fraction of sp³-hybridized carbons (Fsp3) is 0.273. The van der Waals surface area contributed by atoms with Gasteiger partial charge in [0.15, 0.2) is 0 Å². The van der Waals surface area contributed by atoms with Crippen molar-refractivity contribution >= 4 is 12.2 Å². The molecule has 4 N–H and O–H groups in total. The summed E-state index contributed by atoms with van der Waals surface area (Å²) in [5, 5.41) is 7.29. The Hall–Kier alpha value is -2.04. The Balaban J connectivity index is 2.96. The average Bonchev–Trinajstić information content (AvgIpc) is 2.21. The lowest BCUT2D eigenvalue weighted by Crippen LogP contribution is -2.21. The molecule has 5 nitrogen and oxygen atoms in total. The summed E-state index contributed by atoms with van der Waals surface area (Å²) in [7, 11) is 0. The predicted octanol–water partition coefficient (Wildman–Crippen LogP) is 1.00. The number of nitrogens with two attached hydrogens (primary N) is 2. The summed E-state index contributed by atoms with van der Waals surface area (Å²) in [5.41, 5.74) is 12.3. The van der Waals surface area contributed by atoms with Gasteiger partial charge >= 0.3 is 0 Å². The van der Waals surface area contributed by atoms with E-state index >= 15 is 0 Å². The second-order valence-corrected chi connectivity index (χ2v) is 3.24. The van der Waals surface area contributed by atoms with Crippen LogP contribution < -0.4 is 16.2 Å². The van der Waals surface area contributed by atoms with Gasteiger partial charge < -0.3 is 16.2 Å². The molecule has 0 aliphatic carbocycles. The van der Waals surface area contributed by atoms with E-state index in [0.717, 1.165) is 16.9 Å². The summed E-state index contributed by atoms with van der Waals surface area (Å²) in [4.78, 5) is 0. The van der Waals surface area contributed by atoms with E-state index in [0.29, 0.717) is 6.61 Å². The molecule has 0 bridgehead atoms. The Morgan fingerprint density at radius 1 is 1.44 bits per heavy atom. The predicted molar refractivity (Wildman–Crippen MR) is 65.8 cm³/mol. The summed E-state index contributed by atoms with van der Waals surface area (Å²) in [5.74, 6) is 0.699. The van der Waals surface area contributed by atoms with Crippen LogP contribution in [-0.2, 0) is 0 Å². The molecule has 0 aliphatic heterocycles. The Bertz CT molecular complexity index is 408. The standard InChI is InChI=1S/C11H16N4O/c1-3-16-10-5-4-8(2)6-9(10)7-14-15-11(12)13/h4-7H,3H2,1-2H3,(H4,12,13,15). The number of rotatable bonds is 4. The molecule has 16 heavy (non-hydrogen) atoms. The fourth-order valence-corrected chi connectivity index (χ4v) is 1.21. The third-order valence-electron chi connectivity index (χ3n) is 1.84. The highest BCUT2D eigenvalue weighted by Crippen LogP contribution is 2.18. The van der Waals surface area contributed by atoms with E-state index in [9.17, 15) is 0 Å². The Labute approximate surface area is 94.8 Å². The van der Waals surface area contributed by atoms with E-state index in [1.807, 2.05) is 32.0 Å². The SMILES string of the molecule is CCOc1ccc(C)cc1C=NN=C(N)N. The minimum atomic E-state index is -0.0677. The molecule has 5 heteroatoms. The molecule has 0 unspecified atom stereocenters. The molecule has 1 aromatic carbocycles. The van der Waals surface area contributed by atoms with Crippen molar-refractivity contribution in [2.45, 2.75) is 13.8 Å². The van der Waals surface area contributed by atoms with Crippen molar-refractivity contribution in [1.82, 2.24) is 0 Å². The van der Waals surface area contributed by atoms with Gasteiger partial charge in [-0.2, -0.15) is 5.10 Å². The normalized spacial score (nSPS) is 10.4. The molecular weight excluding hydrogens is 204 g/mol. The van der Waals surface area contributed by atoms with E-state index in [1.54, 1.807) is 6.21 Å². The van der Waals surface area contributed by atoms with Gasteiger partial charge in [-0.1, -0.05) is 11.6 Å². The van der Waals surface area contributed by atoms with E-state index in [4.69, 9.17) is 16.2 Å². The first-order valence-corrected chi connectivity index (χ1v) is 4.99. The Morgan fingerprint density at radius 3 is 2.81 bits per heavy atom. The monoisotopic (exact) mass is 220 g/mol. The van der Waals surface area contributed by atoms with Crippen molar-refractivity contribution in [1.29, 1.82) is 0 Å². The molecule has 0 atom stereocenters. The topological polar surface area (TPSA) is 86.0 Å². The zero-order valence-electron chi connectivity index (χ0n) is 9.47. The van der Waals surface area contributed by atoms with Gasteiger partial charge in [-0.15, -0.1) is 5.10 Å². The molecule has 0 radical (unpaired) electrons. The summed E-state index contributed by atoms with van der Waals surface area (Å²) >= 11 is 0. The summed E-state index contributed by atoms with van der Waals surface area (Å²) in [6.07, 6.45) is 1.57. The fourth-order valence-electron chi connectivity index (χ4n) is 1.21. The van der Waals surface area contributed by atoms with Crippen LogP contribution in [0.2, 0.25) is 0 Å². The average molecular weight is 220 g/mol. The molecule has 0 saturated carbocycles. The second kappa shape index (κ2) is 5.75. The van der Waals surface area contributed by atoms with Crippen molar-refractivity contribution in [3.05, 3.63) is 29.3 Å². The lowest BCUT2D eigenvalue weighted by atomic mass is 10.1. The minimum Gasteiger partial charge on any atom is -0.493 e. The molecular formula is C11H16N4O. The Kier molecular flexibility index (Phi) is 4.32. The number of hydrogen-bond donors (Lipinski definition) is 2. The van der Waals surface area contributed by atoms with Crippen LogP contribution in [0.5, 0.6) is 5.75 Å². The number of benzene rings is 1. The van der Waals surface area contributed by atoms with Crippen molar-refractivity contribution in [3.8, 4) is 5.75 Å². The quantitative estimate of drug-likeness (QED) is 0.451. The zero-order valence-corrected chi connectivity index (χ0v) is 9.47. The second-order valence-electron chi connectivity index (χ2n) is 3.24. The van der Waals surface area contributed by atoms with Crippen molar-refractivity contribution < 1.29 is 4.74 Å². The van der Waals surface area contributed by atoms with Crippen molar-refractivity contribution in [2.24, 2.45) is 21.7 Å². The van der Waals surface area contributed by atoms with E-state index in [1.165, 1.54) is 0 Å². The highest BCUT2D eigenvalue weighted by atomic mass is 16.5. The molecule has 0 spiro atoms. The van der Waals surface area contributed by atoms with Crippen molar-refractivity contribution in [2.75, 3.05) is 6.61 Å². The van der Waals surface area contributed by atoms with Gasteiger partial charge in [0, 0.05) is 5.56 Å². The number of nitrogens with zero attached hydrogens (tertiary/aromatic N) is 2. The summed E-state index contributed by atoms with van der Waals surface area (Å²) in [6, 6.07) is 5.83. The third-order valence-corrected chi connectivity index (χ3v) is 1.84. The van der Waals surface area contributed by atoms with Crippen LogP contribution in [0.4, 0.5) is 0 Å². The van der Waals surface area contributed by atoms with Crippen LogP contribution in [0.25, 0.3) is 0 Å². The first-order chi connectivity index (χ1) is 7.63. The van der Waals surface area contributed by atoms with Gasteiger partial charge in [0.25, 0.3) is 0 Å². The van der Waals surface area contributed by atoms with Crippen LogP contribution in [0.3, 0.4) is 0 Å². The molecule has 86 valence electrons. The van der Waals surface area contributed by atoms with Crippen LogP contribution in [0.1, 0.15) is 18.1 Å². The number of hydrogen-bond acceptors (Lipinski definition) is 3. The summed E-state index contributed by atoms with van der Waals surface area (Å²) in [6.45, 7) is 4.52. The molecule has 1 rings (SSSR count). The first kappa shape index (κ1) is 12.0. The maximum absolute atomic E-state index is 5.45. The maximum Gasteiger partial charge on any atom is 0.211 e. The molecule has 0 amide bonds. The van der Waals surface area contributed by atoms with E-state index in [2.05, 4.69) is 10.2 Å². The first-order valence-electron chi connectivity index (χ1n) is 4.99. The third kappa shape index (κ3) is 3.61. The number of guanidine groups is 1. The molecule has 0 fully saturated rings. The minimum absolute atomic E-state index is 0.0677. The van der Waals surface area contributed by atoms with Crippen LogP contribution >= 0.6 is 0 Å². The van der Waals surface area contributed by atoms with Gasteiger partial charge in [-0.05, 0) is 26.0 Å². The van der Waals surface area contributed by atoms with Gasteiger partial charge in [-0.3, -0.25) is 0 Å².